The summed E-state index contributed by atoms with van der Waals surface area (Å²) in [5.41, 5.74) is -1.37. The van der Waals surface area contributed by atoms with Crippen LogP contribution in [0.15, 0.2) is 15.8 Å². The highest BCUT2D eigenvalue weighted by atomic mass is 16.5. The summed E-state index contributed by atoms with van der Waals surface area (Å²) in [6, 6.07) is 1.71. The molecular formula is C12H15N3O3. The number of aromatic nitrogens is 2. The topological polar surface area (TPSA) is 87.9 Å². The van der Waals surface area contributed by atoms with Crippen molar-refractivity contribution in [3.05, 3.63) is 32.6 Å². The molecule has 0 amide bonds. The third-order valence-corrected chi connectivity index (χ3v) is 3.83. The average molecular weight is 249 g/mol. The molecule has 2 rings (SSSR count). The fourth-order valence-electron chi connectivity index (χ4n) is 2.53. The van der Waals surface area contributed by atoms with Gasteiger partial charge in [0.15, 0.2) is 0 Å². The Balaban J connectivity index is 2.46. The molecule has 1 fully saturated rings. The fourth-order valence-corrected chi connectivity index (χ4v) is 2.53. The number of hydrogen-bond donors (Lipinski definition) is 1. The van der Waals surface area contributed by atoms with Crippen LogP contribution in [0.5, 0.6) is 0 Å². The van der Waals surface area contributed by atoms with Crippen LogP contribution in [0.3, 0.4) is 0 Å². The molecule has 1 aromatic rings. The van der Waals surface area contributed by atoms with E-state index in [0.29, 0.717) is 6.42 Å². The molecular weight excluding hydrogens is 234 g/mol. The van der Waals surface area contributed by atoms with Crippen LogP contribution in [0.2, 0.25) is 0 Å². The molecule has 1 aromatic heterocycles. The van der Waals surface area contributed by atoms with Crippen LogP contribution >= 0.6 is 0 Å². The van der Waals surface area contributed by atoms with Crippen molar-refractivity contribution in [2.45, 2.75) is 32.4 Å². The van der Waals surface area contributed by atoms with Crippen LogP contribution in [0.4, 0.5) is 0 Å². The number of nitrogens with one attached hydrogen (secondary N) is 1. The van der Waals surface area contributed by atoms with Crippen molar-refractivity contribution in [2.75, 3.05) is 7.11 Å². The van der Waals surface area contributed by atoms with E-state index in [2.05, 4.69) is 4.98 Å². The van der Waals surface area contributed by atoms with Crippen LogP contribution in [0.1, 0.15) is 31.9 Å². The predicted octanol–water partition coefficient (Wildman–Crippen LogP) is 0.394. The van der Waals surface area contributed by atoms with Gasteiger partial charge in [0.1, 0.15) is 11.6 Å². The standard InChI is InChI=1S/C12H15N3O3/c1-12(2)8(4-9(12)18-3)15-6-7(5-13)10(16)14-11(15)17/h6,8-9H,4H2,1-3H3,(H,14,16,17). The Morgan fingerprint density at radius 2 is 2.22 bits per heavy atom. The van der Waals surface area contributed by atoms with Crippen LogP contribution in [-0.4, -0.2) is 22.8 Å². The molecule has 1 aliphatic rings. The number of rotatable bonds is 2. The largest absolute Gasteiger partial charge is 0.381 e. The first-order valence-corrected chi connectivity index (χ1v) is 5.70. The highest BCUT2D eigenvalue weighted by Crippen LogP contribution is 2.50. The van der Waals surface area contributed by atoms with E-state index in [4.69, 9.17) is 10.00 Å². The van der Waals surface area contributed by atoms with E-state index < -0.39 is 11.2 Å². The molecule has 0 saturated heterocycles. The van der Waals surface area contributed by atoms with Crippen molar-refractivity contribution in [1.82, 2.24) is 9.55 Å². The summed E-state index contributed by atoms with van der Waals surface area (Å²) in [6.45, 7) is 4.00. The van der Waals surface area contributed by atoms with Crippen molar-refractivity contribution >= 4 is 0 Å². The Bertz CT molecular complexity index is 621. The molecule has 0 spiro atoms. The van der Waals surface area contributed by atoms with Crippen LogP contribution < -0.4 is 11.2 Å². The Labute approximate surface area is 104 Å². The summed E-state index contributed by atoms with van der Waals surface area (Å²) in [4.78, 5) is 25.3. The van der Waals surface area contributed by atoms with Gasteiger partial charge in [-0.3, -0.25) is 14.3 Å². The summed E-state index contributed by atoms with van der Waals surface area (Å²) >= 11 is 0. The first-order valence-electron chi connectivity index (χ1n) is 5.70. The van der Waals surface area contributed by atoms with Gasteiger partial charge in [-0.25, -0.2) is 4.79 Å². The van der Waals surface area contributed by atoms with Crippen molar-refractivity contribution in [1.29, 1.82) is 5.26 Å². The van der Waals surface area contributed by atoms with Crippen LogP contribution in [-0.2, 0) is 4.74 Å². The minimum Gasteiger partial charge on any atom is -0.381 e. The van der Waals surface area contributed by atoms with Gasteiger partial charge in [0.05, 0.1) is 6.10 Å². The molecule has 1 N–H and O–H groups in total. The highest BCUT2D eigenvalue weighted by molar-refractivity contribution is 5.22. The number of methoxy groups -OCH3 is 1. The minimum atomic E-state index is -0.640. The van der Waals surface area contributed by atoms with E-state index in [0.717, 1.165) is 0 Å². The Hall–Kier alpha value is -1.87. The molecule has 6 heteroatoms. The lowest BCUT2D eigenvalue weighted by molar-refractivity contribution is -0.114. The number of H-pyrrole nitrogens is 1. The number of aromatic amines is 1. The first kappa shape index (κ1) is 12.6. The second kappa shape index (κ2) is 4.10. The molecule has 0 radical (unpaired) electrons. The maximum absolute atomic E-state index is 11.8. The molecule has 1 saturated carbocycles. The molecule has 0 bridgehead atoms. The Morgan fingerprint density at radius 3 is 2.72 bits per heavy atom. The zero-order valence-corrected chi connectivity index (χ0v) is 10.6. The number of nitrogens with zero attached hydrogens (tertiary/aromatic N) is 2. The zero-order chi connectivity index (χ0) is 13.5. The molecule has 0 aromatic carbocycles. The summed E-state index contributed by atoms with van der Waals surface area (Å²) in [5.74, 6) is 0. The summed E-state index contributed by atoms with van der Waals surface area (Å²) in [5, 5.41) is 8.82. The van der Waals surface area contributed by atoms with E-state index in [-0.39, 0.29) is 23.1 Å². The quantitative estimate of drug-likeness (QED) is 0.821. The SMILES string of the molecule is COC1CC(n2cc(C#N)c(=O)[nH]c2=O)C1(C)C. The van der Waals surface area contributed by atoms with Gasteiger partial charge in [0, 0.05) is 24.8 Å². The van der Waals surface area contributed by atoms with Crippen molar-refractivity contribution < 1.29 is 4.74 Å². The maximum atomic E-state index is 11.8. The molecule has 2 unspecified atom stereocenters. The Kier molecular flexibility index (Phi) is 2.87. The van der Waals surface area contributed by atoms with Gasteiger partial charge in [-0.05, 0) is 6.42 Å². The fraction of sp³-hybridized carbons (Fsp3) is 0.583. The second-order valence-electron chi connectivity index (χ2n) is 5.12. The Morgan fingerprint density at radius 1 is 1.56 bits per heavy atom. The first-order chi connectivity index (χ1) is 8.41. The lowest BCUT2D eigenvalue weighted by Gasteiger charge is -2.51. The zero-order valence-electron chi connectivity index (χ0n) is 10.6. The summed E-state index contributed by atoms with van der Waals surface area (Å²) in [6.07, 6.45) is 2.10. The maximum Gasteiger partial charge on any atom is 0.328 e. The molecule has 18 heavy (non-hydrogen) atoms. The normalized spacial score (nSPS) is 25.2. The van der Waals surface area contributed by atoms with Gasteiger partial charge in [0.25, 0.3) is 5.56 Å². The van der Waals surface area contributed by atoms with Gasteiger partial charge >= 0.3 is 5.69 Å². The summed E-state index contributed by atoms with van der Waals surface area (Å²) < 4.78 is 6.75. The second-order valence-corrected chi connectivity index (χ2v) is 5.12. The van der Waals surface area contributed by atoms with Gasteiger partial charge < -0.3 is 4.74 Å². The number of ether oxygens (including phenoxy) is 1. The minimum absolute atomic E-state index is 0.0498. The van der Waals surface area contributed by atoms with Gasteiger partial charge in [-0.15, -0.1) is 0 Å². The third-order valence-electron chi connectivity index (χ3n) is 3.83. The lowest BCUT2D eigenvalue weighted by atomic mass is 9.64. The van der Waals surface area contributed by atoms with E-state index in [9.17, 15) is 9.59 Å². The predicted molar refractivity (Wildman–Crippen MR) is 64.3 cm³/mol. The third kappa shape index (κ3) is 1.68. The highest BCUT2D eigenvalue weighted by Gasteiger charge is 2.50. The number of nitriles is 1. The lowest BCUT2D eigenvalue weighted by Crippen LogP contribution is -2.54. The average Bonchev–Trinajstić information content (AvgIpc) is 2.31. The van der Waals surface area contributed by atoms with Crippen LogP contribution in [0.25, 0.3) is 0 Å². The number of hydrogen-bond acceptors (Lipinski definition) is 4. The molecule has 2 atom stereocenters. The van der Waals surface area contributed by atoms with Crippen LogP contribution in [0, 0.1) is 16.7 Å². The van der Waals surface area contributed by atoms with Gasteiger partial charge in [-0.1, -0.05) is 13.8 Å². The van der Waals surface area contributed by atoms with Gasteiger partial charge in [-0.2, -0.15) is 5.26 Å². The molecule has 1 heterocycles. The van der Waals surface area contributed by atoms with E-state index in [1.165, 1.54) is 10.8 Å². The van der Waals surface area contributed by atoms with Crippen molar-refractivity contribution in [3.8, 4) is 6.07 Å². The van der Waals surface area contributed by atoms with Gasteiger partial charge in [0.2, 0.25) is 0 Å². The monoisotopic (exact) mass is 249 g/mol. The summed E-state index contributed by atoms with van der Waals surface area (Å²) in [7, 11) is 1.64. The van der Waals surface area contributed by atoms with E-state index in [1.54, 1.807) is 13.2 Å². The molecule has 96 valence electrons. The van der Waals surface area contributed by atoms with Crippen molar-refractivity contribution in [2.24, 2.45) is 5.41 Å². The van der Waals surface area contributed by atoms with E-state index >= 15 is 0 Å². The molecule has 0 aliphatic heterocycles. The molecule has 6 nitrogen and oxygen atoms in total. The molecule has 1 aliphatic carbocycles. The smallest absolute Gasteiger partial charge is 0.328 e. The van der Waals surface area contributed by atoms with Crippen molar-refractivity contribution in [3.63, 3.8) is 0 Å². The van der Waals surface area contributed by atoms with E-state index in [1.807, 2.05) is 13.8 Å².